The highest BCUT2D eigenvalue weighted by Crippen LogP contribution is 2.25. The van der Waals surface area contributed by atoms with Crippen LogP contribution in [0.1, 0.15) is 12.8 Å². The van der Waals surface area contributed by atoms with Crippen molar-refractivity contribution in [3.8, 4) is 0 Å². The fraction of sp³-hybridized carbons (Fsp3) is 0.500. The molecule has 0 aliphatic carbocycles. The molecule has 1 aromatic carbocycles. The Bertz CT molecular complexity index is 711. The highest BCUT2D eigenvalue weighted by Gasteiger charge is 2.25. The van der Waals surface area contributed by atoms with Crippen LogP contribution in [-0.4, -0.2) is 34.9 Å². The van der Waals surface area contributed by atoms with Crippen LogP contribution < -0.4 is 0 Å². The minimum absolute atomic E-state index is 0.135. The molecule has 1 fully saturated rings. The van der Waals surface area contributed by atoms with E-state index in [0.717, 1.165) is 28.3 Å². The molecule has 1 aliphatic heterocycles. The number of fused-ring (bicyclic) bond motifs is 1. The van der Waals surface area contributed by atoms with Gasteiger partial charge in [-0.3, -0.25) is 0 Å². The highest BCUT2D eigenvalue weighted by molar-refractivity contribution is 9.10. The lowest BCUT2D eigenvalue weighted by Gasteiger charge is -2.21. The van der Waals surface area contributed by atoms with Gasteiger partial charge in [0, 0.05) is 11.0 Å². The molecule has 1 unspecified atom stereocenters. The van der Waals surface area contributed by atoms with Crippen molar-refractivity contribution < 1.29 is 8.42 Å². The van der Waals surface area contributed by atoms with Gasteiger partial charge in [0.2, 0.25) is 0 Å². The normalized spacial score (nSPS) is 22.7. The number of benzene rings is 1. The maximum Gasteiger partial charge on any atom is 0.150 e. The van der Waals surface area contributed by atoms with E-state index < -0.39 is 9.84 Å². The van der Waals surface area contributed by atoms with Gasteiger partial charge in [0.05, 0.1) is 11.5 Å². The molecule has 0 spiro atoms. The van der Waals surface area contributed by atoms with Crippen LogP contribution in [0.3, 0.4) is 0 Å². The average Bonchev–Trinajstić information content (AvgIpc) is 2.72. The third-order valence-electron chi connectivity index (χ3n) is 3.47. The van der Waals surface area contributed by atoms with Crippen molar-refractivity contribution in [2.24, 2.45) is 5.92 Å². The maximum atomic E-state index is 11.7. The summed E-state index contributed by atoms with van der Waals surface area (Å²) in [4.78, 5) is 0. The lowest BCUT2D eigenvalue weighted by molar-refractivity contribution is 0.407. The Hall–Kier alpha value is -0.950. The van der Waals surface area contributed by atoms with Gasteiger partial charge in [-0.2, -0.15) is 0 Å². The molecular weight excluding hydrogens is 330 g/mol. The van der Waals surface area contributed by atoms with Gasteiger partial charge >= 0.3 is 0 Å². The van der Waals surface area contributed by atoms with Crippen LogP contribution in [0.2, 0.25) is 0 Å². The highest BCUT2D eigenvalue weighted by atomic mass is 79.9. The minimum atomic E-state index is -2.87. The Morgan fingerprint density at radius 2 is 2.26 bits per heavy atom. The number of nitrogens with zero attached hydrogens (tertiary/aromatic N) is 3. The lowest BCUT2D eigenvalue weighted by atomic mass is 10.1. The summed E-state index contributed by atoms with van der Waals surface area (Å²) in [7, 11) is -2.87. The molecule has 2 heterocycles. The Balaban J connectivity index is 1.90. The smallest absolute Gasteiger partial charge is 0.150 e. The van der Waals surface area contributed by atoms with E-state index in [1.165, 1.54) is 0 Å². The predicted molar refractivity (Wildman–Crippen MR) is 76.6 cm³/mol. The van der Waals surface area contributed by atoms with Gasteiger partial charge in [-0.1, -0.05) is 11.3 Å². The molecule has 19 heavy (non-hydrogen) atoms. The molecule has 0 amide bonds. The van der Waals surface area contributed by atoms with Crippen molar-refractivity contribution in [2.45, 2.75) is 19.4 Å². The fourth-order valence-corrected chi connectivity index (χ4v) is 4.95. The van der Waals surface area contributed by atoms with Gasteiger partial charge in [0.25, 0.3) is 0 Å². The van der Waals surface area contributed by atoms with Crippen molar-refractivity contribution in [3.63, 3.8) is 0 Å². The summed E-state index contributed by atoms with van der Waals surface area (Å²) >= 11 is 3.50. The zero-order valence-corrected chi connectivity index (χ0v) is 12.7. The summed E-state index contributed by atoms with van der Waals surface area (Å²) in [6.07, 6.45) is 1.69. The topological polar surface area (TPSA) is 64.8 Å². The monoisotopic (exact) mass is 343 g/mol. The van der Waals surface area contributed by atoms with E-state index in [1.54, 1.807) is 0 Å². The van der Waals surface area contributed by atoms with Crippen molar-refractivity contribution >= 4 is 36.8 Å². The molecule has 0 radical (unpaired) electrons. The second-order valence-electron chi connectivity index (χ2n) is 5.00. The van der Waals surface area contributed by atoms with Crippen molar-refractivity contribution in [1.29, 1.82) is 0 Å². The SMILES string of the molecule is O=S1(=O)CCCC(Cn2nnc3cccc(Br)c32)C1. The first-order valence-corrected chi connectivity index (χ1v) is 8.85. The minimum Gasteiger partial charge on any atom is -0.243 e. The van der Waals surface area contributed by atoms with Gasteiger partial charge in [0.15, 0.2) is 9.84 Å². The molecule has 0 bridgehead atoms. The third kappa shape index (κ3) is 2.67. The van der Waals surface area contributed by atoms with E-state index in [2.05, 4.69) is 26.2 Å². The van der Waals surface area contributed by atoms with E-state index in [-0.39, 0.29) is 11.7 Å². The first-order chi connectivity index (χ1) is 9.05. The Kier molecular flexibility index (Phi) is 3.34. The third-order valence-corrected chi connectivity index (χ3v) is 6.00. The van der Waals surface area contributed by atoms with Gasteiger partial charge in [-0.05, 0) is 46.8 Å². The maximum absolute atomic E-state index is 11.7. The molecule has 1 aliphatic rings. The Labute approximate surface area is 120 Å². The van der Waals surface area contributed by atoms with Crippen LogP contribution in [0.25, 0.3) is 11.0 Å². The number of hydrogen-bond acceptors (Lipinski definition) is 4. The first kappa shape index (κ1) is 13.1. The molecule has 1 saturated heterocycles. The summed E-state index contributed by atoms with van der Waals surface area (Å²) in [6.45, 7) is 0.609. The number of para-hydroxylation sites is 1. The molecular formula is C12H14BrN3O2S. The first-order valence-electron chi connectivity index (χ1n) is 6.23. The number of sulfone groups is 1. The Morgan fingerprint density at radius 1 is 1.42 bits per heavy atom. The number of halogens is 1. The van der Waals surface area contributed by atoms with Gasteiger partial charge in [-0.15, -0.1) is 5.10 Å². The molecule has 3 rings (SSSR count). The standard InChI is InChI=1S/C12H14BrN3O2S/c13-10-4-1-5-11-12(10)16(15-14-11)7-9-3-2-6-19(17,18)8-9/h1,4-5,9H,2-3,6-8H2. The van der Waals surface area contributed by atoms with Crippen LogP contribution in [0, 0.1) is 5.92 Å². The van der Waals surface area contributed by atoms with Crippen molar-refractivity contribution in [1.82, 2.24) is 15.0 Å². The average molecular weight is 344 g/mol. The number of hydrogen-bond donors (Lipinski definition) is 0. The summed E-state index contributed by atoms with van der Waals surface area (Å²) in [6, 6.07) is 5.76. The van der Waals surface area contributed by atoms with E-state index in [0.29, 0.717) is 12.3 Å². The molecule has 0 saturated carbocycles. The summed E-state index contributed by atoms with van der Waals surface area (Å²) in [5.41, 5.74) is 1.76. The summed E-state index contributed by atoms with van der Waals surface area (Å²) < 4.78 is 26.1. The largest absolute Gasteiger partial charge is 0.243 e. The lowest BCUT2D eigenvalue weighted by Crippen LogP contribution is -2.28. The van der Waals surface area contributed by atoms with Crippen LogP contribution in [-0.2, 0) is 16.4 Å². The van der Waals surface area contributed by atoms with Gasteiger partial charge < -0.3 is 0 Å². The molecule has 7 heteroatoms. The van der Waals surface area contributed by atoms with Crippen LogP contribution in [0.4, 0.5) is 0 Å². The van der Waals surface area contributed by atoms with Crippen LogP contribution >= 0.6 is 15.9 Å². The van der Waals surface area contributed by atoms with E-state index in [4.69, 9.17) is 0 Å². The second-order valence-corrected chi connectivity index (χ2v) is 8.08. The second kappa shape index (κ2) is 4.86. The van der Waals surface area contributed by atoms with E-state index in [9.17, 15) is 8.42 Å². The quantitative estimate of drug-likeness (QED) is 0.836. The van der Waals surface area contributed by atoms with Gasteiger partial charge in [0.1, 0.15) is 11.0 Å². The molecule has 1 atom stereocenters. The van der Waals surface area contributed by atoms with Crippen molar-refractivity contribution in [3.05, 3.63) is 22.7 Å². The molecule has 0 N–H and O–H groups in total. The van der Waals surface area contributed by atoms with Crippen LogP contribution in [0.15, 0.2) is 22.7 Å². The molecule has 5 nitrogen and oxygen atoms in total. The predicted octanol–water partition coefficient (Wildman–Crippen LogP) is 2.02. The molecule has 2 aromatic rings. The summed E-state index contributed by atoms with van der Waals surface area (Å²) in [5, 5.41) is 8.25. The molecule has 102 valence electrons. The number of aromatic nitrogens is 3. The van der Waals surface area contributed by atoms with E-state index >= 15 is 0 Å². The van der Waals surface area contributed by atoms with Crippen molar-refractivity contribution in [2.75, 3.05) is 11.5 Å². The molecule has 1 aromatic heterocycles. The van der Waals surface area contributed by atoms with Crippen LogP contribution in [0.5, 0.6) is 0 Å². The van der Waals surface area contributed by atoms with Gasteiger partial charge in [-0.25, -0.2) is 13.1 Å². The zero-order valence-electron chi connectivity index (χ0n) is 10.3. The van der Waals surface area contributed by atoms with E-state index in [1.807, 2.05) is 22.9 Å². The summed E-state index contributed by atoms with van der Waals surface area (Å²) in [5.74, 6) is 0.722. The Morgan fingerprint density at radius 3 is 3.05 bits per heavy atom. The fourth-order valence-electron chi connectivity index (χ4n) is 2.62. The zero-order chi connectivity index (χ0) is 13.5. The number of rotatable bonds is 2.